The van der Waals surface area contributed by atoms with Gasteiger partial charge in [0.25, 0.3) is 10.0 Å². The lowest BCUT2D eigenvalue weighted by Gasteiger charge is -2.06. The van der Waals surface area contributed by atoms with E-state index in [0.29, 0.717) is 0 Å². The van der Waals surface area contributed by atoms with E-state index in [1.54, 1.807) is 31.5 Å². The third-order valence-corrected chi connectivity index (χ3v) is 4.76. The molecule has 0 aliphatic carbocycles. The first kappa shape index (κ1) is 18.7. The number of nitrogens with zero attached hydrogens (tertiary/aromatic N) is 1. The molecular weight excluding hydrogens is 340 g/mol. The standard InChI is InChI=1S/C18H20N2O4S/c1-4-24-18(21)17(20-11-9-15(3)10-12-20)13-19-25(22,23)16-7-5-14(2)6-8-16/h5-13H,4H2,1-3H3/p+1. The molecule has 1 heterocycles. The Kier molecular flexibility index (Phi) is 5.93. The van der Waals surface area contributed by atoms with Gasteiger partial charge in [0.2, 0.25) is 0 Å². The van der Waals surface area contributed by atoms with Gasteiger partial charge in [-0.2, -0.15) is 4.57 Å². The summed E-state index contributed by atoms with van der Waals surface area (Å²) in [6.07, 6.45) is 4.47. The highest BCUT2D eigenvalue weighted by Crippen LogP contribution is 2.10. The summed E-state index contributed by atoms with van der Waals surface area (Å²) in [5.74, 6) is -0.622. The molecule has 0 spiro atoms. The monoisotopic (exact) mass is 361 g/mol. The number of ether oxygens (including phenoxy) is 1. The van der Waals surface area contributed by atoms with Crippen LogP contribution in [0.2, 0.25) is 0 Å². The van der Waals surface area contributed by atoms with Crippen molar-refractivity contribution in [3.05, 3.63) is 66.1 Å². The van der Waals surface area contributed by atoms with Crippen LogP contribution in [0.5, 0.6) is 0 Å². The molecule has 132 valence electrons. The first-order valence-electron chi connectivity index (χ1n) is 7.78. The normalized spacial score (nSPS) is 11.9. The van der Waals surface area contributed by atoms with Gasteiger partial charge in [0, 0.05) is 12.1 Å². The second-order valence-corrected chi connectivity index (χ2v) is 7.18. The van der Waals surface area contributed by atoms with Gasteiger partial charge in [0.15, 0.2) is 12.4 Å². The smallest absolute Gasteiger partial charge is 0.405 e. The zero-order valence-corrected chi connectivity index (χ0v) is 15.2. The van der Waals surface area contributed by atoms with Crippen LogP contribution in [0.3, 0.4) is 0 Å². The lowest BCUT2D eigenvalue weighted by Crippen LogP contribution is -2.38. The summed E-state index contributed by atoms with van der Waals surface area (Å²) in [7, 11) is -3.78. The van der Waals surface area contributed by atoms with Gasteiger partial charge in [-0.1, -0.05) is 17.7 Å². The number of nitrogens with one attached hydrogen (secondary N) is 1. The number of rotatable bonds is 6. The van der Waals surface area contributed by atoms with Gasteiger partial charge >= 0.3 is 11.7 Å². The number of pyridine rings is 1. The quantitative estimate of drug-likeness (QED) is 0.485. The Morgan fingerprint density at radius 2 is 1.64 bits per heavy atom. The van der Waals surface area contributed by atoms with Crippen LogP contribution in [0.1, 0.15) is 18.1 Å². The Morgan fingerprint density at radius 1 is 1.08 bits per heavy atom. The Labute approximate surface area is 147 Å². The number of esters is 1. The van der Waals surface area contributed by atoms with Crippen LogP contribution in [0, 0.1) is 13.8 Å². The molecule has 0 aliphatic heterocycles. The predicted octanol–water partition coefficient (Wildman–Crippen LogP) is 1.93. The van der Waals surface area contributed by atoms with Crippen molar-refractivity contribution in [1.29, 1.82) is 0 Å². The number of aryl methyl sites for hydroxylation is 2. The van der Waals surface area contributed by atoms with E-state index in [1.165, 1.54) is 16.7 Å². The zero-order valence-electron chi connectivity index (χ0n) is 14.4. The van der Waals surface area contributed by atoms with E-state index in [2.05, 4.69) is 4.72 Å². The maximum atomic E-state index is 12.4. The minimum absolute atomic E-state index is 0.0672. The summed E-state index contributed by atoms with van der Waals surface area (Å²) in [5.41, 5.74) is 2.04. The van der Waals surface area contributed by atoms with Crippen LogP contribution in [0.25, 0.3) is 5.70 Å². The molecule has 1 aromatic carbocycles. The van der Waals surface area contributed by atoms with Crippen molar-refractivity contribution in [3.63, 3.8) is 0 Å². The highest BCUT2D eigenvalue weighted by molar-refractivity contribution is 7.89. The molecular formula is C18H21N2O4S+. The van der Waals surface area contributed by atoms with Crippen molar-refractivity contribution in [2.24, 2.45) is 0 Å². The molecule has 2 aromatic rings. The summed E-state index contributed by atoms with van der Waals surface area (Å²) in [5, 5.41) is 0. The van der Waals surface area contributed by atoms with Crippen molar-refractivity contribution in [2.45, 2.75) is 25.7 Å². The molecule has 6 nitrogen and oxygen atoms in total. The lowest BCUT2D eigenvalue weighted by molar-refractivity contribution is -0.578. The van der Waals surface area contributed by atoms with E-state index < -0.39 is 16.0 Å². The molecule has 0 unspecified atom stereocenters. The maximum Gasteiger partial charge on any atom is 0.405 e. The van der Waals surface area contributed by atoms with Crippen LogP contribution in [0.4, 0.5) is 0 Å². The molecule has 0 radical (unpaired) electrons. The van der Waals surface area contributed by atoms with Gasteiger partial charge < -0.3 is 4.74 Å². The number of sulfonamides is 1. The summed E-state index contributed by atoms with van der Waals surface area (Å²) in [6.45, 7) is 5.66. The van der Waals surface area contributed by atoms with Gasteiger partial charge in [-0.15, -0.1) is 0 Å². The van der Waals surface area contributed by atoms with Crippen molar-refractivity contribution in [2.75, 3.05) is 6.61 Å². The number of carbonyl (C=O) groups is 1. The second-order valence-electron chi connectivity index (χ2n) is 5.47. The van der Waals surface area contributed by atoms with E-state index in [4.69, 9.17) is 4.74 Å². The van der Waals surface area contributed by atoms with Crippen molar-refractivity contribution < 1.29 is 22.5 Å². The molecule has 0 aliphatic rings. The predicted molar refractivity (Wildman–Crippen MR) is 93.8 cm³/mol. The summed E-state index contributed by atoms with van der Waals surface area (Å²) in [4.78, 5) is 12.3. The average molecular weight is 361 g/mol. The highest BCUT2D eigenvalue weighted by Gasteiger charge is 2.23. The zero-order chi connectivity index (χ0) is 18.4. The number of aromatic nitrogens is 1. The average Bonchev–Trinajstić information content (AvgIpc) is 2.57. The van der Waals surface area contributed by atoms with Gasteiger partial charge in [-0.25, -0.2) is 13.2 Å². The fraction of sp³-hybridized carbons (Fsp3) is 0.222. The Balaban J connectivity index is 2.35. The van der Waals surface area contributed by atoms with Crippen LogP contribution in [0.15, 0.2) is 59.9 Å². The van der Waals surface area contributed by atoms with Crippen LogP contribution in [-0.4, -0.2) is 21.0 Å². The summed E-state index contributed by atoms with van der Waals surface area (Å²) in [6, 6.07) is 10.0. The SMILES string of the molecule is CCOC(=O)C(=CNS(=O)(=O)c1ccc(C)cc1)[n+]1ccc(C)cc1. The first-order valence-corrected chi connectivity index (χ1v) is 9.26. The summed E-state index contributed by atoms with van der Waals surface area (Å²) >= 11 is 0. The number of hydrogen-bond donors (Lipinski definition) is 1. The molecule has 0 saturated heterocycles. The van der Waals surface area contributed by atoms with Gasteiger partial charge in [-0.3, -0.25) is 4.72 Å². The second kappa shape index (κ2) is 7.94. The third kappa shape index (κ3) is 4.90. The Bertz CT molecular complexity index is 870. The van der Waals surface area contributed by atoms with E-state index in [9.17, 15) is 13.2 Å². The van der Waals surface area contributed by atoms with Crippen LogP contribution >= 0.6 is 0 Å². The van der Waals surface area contributed by atoms with E-state index >= 15 is 0 Å². The van der Waals surface area contributed by atoms with Gasteiger partial charge in [0.05, 0.1) is 17.7 Å². The fourth-order valence-electron chi connectivity index (χ4n) is 2.02. The number of carbonyl (C=O) groups excluding carboxylic acids is 1. The molecule has 0 bridgehead atoms. The molecule has 0 amide bonds. The first-order chi connectivity index (χ1) is 11.8. The third-order valence-electron chi connectivity index (χ3n) is 3.44. The molecule has 0 fully saturated rings. The van der Waals surface area contributed by atoms with Gasteiger partial charge in [0.1, 0.15) is 0 Å². The van der Waals surface area contributed by atoms with Crippen molar-refractivity contribution in [1.82, 2.24) is 4.72 Å². The Hall–Kier alpha value is -2.67. The molecule has 1 aromatic heterocycles. The molecule has 25 heavy (non-hydrogen) atoms. The summed E-state index contributed by atoms with van der Waals surface area (Å²) < 4.78 is 33.6. The van der Waals surface area contributed by atoms with Crippen LogP contribution < -0.4 is 9.29 Å². The topological polar surface area (TPSA) is 76.3 Å². The minimum Gasteiger partial charge on any atom is -0.458 e. The van der Waals surface area contributed by atoms with Crippen molar-refractivity contribution >= 4 is 21.7 Å². The largest absolute Gasteiger partial charge is 0.458 e. The maximum absolute atomic E-state index is 12.4. The molecule has 2 rings (SSSR count). The highest BCUT2D eigenvalue weighted by atomic mass is 32.2. The molecule has 1 N–H and O–H groups in total. The molecule has 0 saturated carbocycles. The fourth-order valence-corrected chi connectivity index (χ4v) is 2.92. The van der Waals surface area contributed by atoms with E-state index in [-0.39, 0.29) is 17.2 Å². The van der Waals surface area contributed by atoms with Crippen molar-refractivity contribution in [3.8, 4) is 0 Å². The number of hydrogen-bond acceptors (Lipinski definition) is 4. The van der Waals surface area contributed by atoms with E-state index in [1.807, 2.05) is 26.0 Å². The van der Waals surface area contributed by atoms with Gasteiger partial charge in [-0.05, 0) is 38.5 Å². The minimum atomic E-state index is -3.78. The molecule has 0 atom stereocenters. The van der Waals surface area contributed by atoms with E-state index in [0.717, 1.165) is 17.3 Å². The lowest BCUT2D eigenvalue weighted by atomic mass is 10.2. The van der Waals surface area contributed by atoms with Crippen LogP contribution in [-0.2, 0) is 19.6 Å². The number of benzene rings is 1. The molecule has 7 heteroatoms. The Morgan fingerprint density at radius 3 is 2.20 bits per heavy atom.